The Bertz CT molecular complexity index is 578. The van der Waals surface area contributed by atoms with Crippen molar-refractivity contribution in [3.05, 3.63) is 60.2 Å². The lowest BCUT2D eigenvalue weighted by Crippen LogP contribution is -2.41. The Morgan fingerprint density at radius 3 is 1.72 bits per heavy atom. The highest BCUT2D eigenvalue weighted by Crippen LogP contribution is 2.30. The van der Waals surface area contributed by atoms with Gasteiger partial charge in [-0.25, -0.2) is 0 Å². The Balaban J connectivity index is 1.99. The summed E-state index contributed by atoms with van der Waals surface area (Å²) in [6.07, 6.45) is 3.64. The summed E-state index contributed by atoms with van der Waals surface area (Å²) < 4.78 is 12.5. The number of ether oxygens (including phenoxy) is 1. The van der Waals surface area contributed by atoms with Gasteiger partial charge in [0.25, 0.3) is 8.32 Å². The van der Waals surface area contributed by atoms with Crippen LogP contribution in [-0.2, 0) is 6.61 Å². The Morgan fingerprint density at radius 1 is 0.680 bits per heavy atom. The van der Waals surface area contributed by atoms with Gasteiger partial charge in [-0.2, -0.15) is 0 Å². The summed E-state index contributed by atoms with van der Waals surface area (Å²) >= 11 is 0. The first-order valence-electron chi connectivity index (χ1n) is 9.67. The van der Waals surface area contributed by atoms with E-state index >= 15 is 0 Å². The van der Waals surface area contributed by atoms with Crippen LogP contribution in [0.25, 0.3) is 0 Å². The quantitative estimate of drug-likeness (QED) is 0.411. The standard InChI is InChI=1S/C22H32O2Si/c1-4-16-25(17-5-2,18-6-3)24-22-14-12-21(13-15-22)23-19-20-10-8-7-9-11-20/h7-15H,4-6,16-19H2,1-3H3. The lowest BCUT2D eigenvalue weighted by molar-refractivity contribution is 0.306. The number of benzene rings is 2. The van der Waals surface area contributed by atoms with E-state index in [-0.39, 0.29) is 0 Å². The molecule has 0 unspecified atom stereocenters. The average molecular weight is 357 g/mol. The van der Waals surface area contributed by atoms with E-state index in [0.717, 1.165) is 11.5 Å². The molecule has 2 nitrogen and oxygen atoms in total. The van der Waals surface area contributed by atoms with E-state index < -0.39 is 8.32 Å². The molecule has 0 radical (unpaired) electrons. The van der Waals surface area contributed by atoms with Gasteiger partial charge in [0.2, 0.25) is 0 Å². The number of hydrogen-bond acceptors (Lipinski definition) is 2. The first kappa shape index (κ1) is 19.6. The Kier molecular flexibility index (Phi) is 8.06. The molecule has 2 aromatic rings. The maximum atomic E-state index is 6.62. The number of hydrogen-bond donors (Lipinski definition) is 0. The van der Waals surface area contributed by atoms with Crippen molar-refractivity contribution in [3.63, 3.8) is 0 Å². The van der Waals surface area contributed by atoms with Gasteiger partial charge in [-0.05, 0) is 48.0 Å². The molecule has 0 spiro atoms. The van der Waals surface area contributed by atoms with Crippen LogP contribution in [0, 0.1) is 0 Å². The van der Waals surface area contributed by atoms with E-state index in [4.69, 9.17) is 9.16 Å². The predicted octanol–water partition coefficient (Wildman–Crippen LogP) is 6.82. The van der Waals surface area contributed by atoms with Gasteiger partial charge in [0, 0.05) is 0 Å². The van der Waals surface area contributed by atoms with Crippen LogP contribution < -0.4 is 9.16 Å². The summed E-state index contributed by atoms with van der Waals surface area (Å²) in [5.74, 6) is 1.90. The summed E-state index contributed by atoms with van der Waals surface area (Å²) in [4.78, 5) is 0. The molecule has 0 fully saturated rings. The van der Waals surface area contributed by atoms with Crippen molar-refractivity contribution in [2.45, 2.75) is 64.8 Å². The van der Waals surface area contributed by atoms with Gasteiger partial charge in [0.05, 0.1) is 0 Å². The smallest absolute Gasteiger partial charge is 0.251 e. The SMILES string of the molecule is CCC[Si](CCC)(CCC)Oc1ccc(OCc2ccccc2)cc1. The molecule has 0 aromatic heterocycles. The van der Waals surface area contributed by atoms with E-state index in [2.05, 4.69) is 45.0 Å². The number of rotatable bonds is 11. The molecule has 2 rings (SSSR count). The molecule has 0 bridgehead atoms. The third kappa shape index (κ3) is 6.24. The van der Waals surface area contributed by atoms with Gasteiger partial charge >= 0.3 is 0 Å². The maximum Gasteiger partial charge on any atom is 0.251 e. The predicted molar refractivity (Wildman–Crippen MR) is 109 cm³/mol. The van der Waals surface area contributed by atoms with Gasteiger partial charge in [-0.15, -0.1) is 0 Å². The highest BCUT2D eigenvalue weighted by Gasteiger charge is 2.34. The molecule has 2 aromatic carbocycles. The molecule has 3 heteroatoms. The molecule has 0 aliphatic heterocycles. The third-order valence-corrected chi connectivity index (χ3v) is 9.43. The van der Waals surface area contributed by atoms with Crippen molar-refractivity contribution in [1.82, 2.24) is 0 Å². The molecule has 0 saturated heterocycles. The van der Waals surface area contributed by atoms with Crippen molar-refractivity contribution < 1.29 is 9.16 Å². The fraction of sp³-hybridized carbons (Fsp3) is 0.455. The average Bonchev–Trinajstić information content (AvgIpc) is 2.63. The first-order valence-corrected chi connectivity index (χ1v) is 12.2. The highest BCUT2D eigenvalue weighted by atomic mass is 28.4. The van der Waals surface area contributed by atoms with Crippen molar-refractivity contribution in [3.8, 4) is 11.5 Å². The summed E-state index contributed by atoms with van der Waals surface area (Å²) in [6.45, 7) is 7.42. The Morgan fingerprint density at radius 2 is 1.20 bits per heavy atom. The molecule has 136 valence electrons. The minimum Gasteiger partial charge on any atom is -0.543 e. The molecule has 0 amide bonds. The second-order valence-corrected chi connectivity index (χ2v) is 10.9. The van der Waals surface area contributed by atoms with Crippen molar-refractivity contribution >= 4 is 8.32 Å². The van der Waals surface area contributed by atoms with Gasteiger partial charge in [-0.3, -0.25) is 0 Å². The second-order valence-electron chi connectivity index (χ2n) is 6.78. The van der Waals surface area contributed by atoms with Crippen LogP contribution >= 0.6 is 0 Å². The fourth-order valence-corrected chi connectivity index (χ4v) is 7.92. The van der Waals surface area contributed by atoms with Gasteiger partial charge < -0.3 is 9.16 Å². The second kappa shape index (κ2) is 10.3. The highest BCUT2D eigenvalue weighted by molar-refractivity contribution is 6.74. The topological polar surface area (TPSA) is 18.5 Å². The van der Waals surface area contributed by atoms with Crippen molar-refractivity contribution in [2.24, 2.45) is 0 Å². The molecule has 0 aliphatic carbocycles. The lowest BCUT2D eigenvalue weighted by Gasteiger charge is -2.31. The third-order valence-electron chi connectivity index (χ3n) is 4.52. The van der Waals surface area contributed by atoms with Crippen molar-refractivity contribution in [1.29, 1.82) is 0 Å². The summed E-state index contributed by atoms with van der Waals surface area (Å²) in [5.41, 5.74) is 1.18. The zero-order valence-corrected chi connectivity index (χ0v) is 17.0. The molecular formula is C22H32O2Si. The van der Waals surface area contributed by atoms with E-state index in [9.17, 15) is 0 Å². The minimum atomic E-state index is -1.67. The van der Waals surface area contributed by atoms with E-state index in [1.54, 1.807) is 0 Å². The van der Waals surface area contributed by atoms with E-state index in [0.29, 0.717) is 6.61 Å². The van der Waals surface area contributed by atoms with Gasteiger partial charge in [0.1, 0.15) is 18.1 Å². The Labute approximate surface area is 154 Å². The summed E-state index contributed by atoms with van der Waals surface area (Å²) in [5, 5.41) is 0. The molecular weight excluding hydrogens is 324 g/mol. The van der Waals surface area contributed by atoms with Crippen LogP contribution in [0.3, 0.4) is 0 Å². The van der Waals surface area contributed by atoms with Crippen LogP contribution in [0.2, 0.25) is 18.1 Å². The molecule has 25 heavy (non-hydrogen) atoms. The molecule has 0 N–H and O–H groups in total. The minimum absolute atomic E-state index is 0.598. The molecule has 0 atom stereocenters. The fourth-order valence-electron chi connectivity index (χ4n) is 3.49. The zero-order valence-electron chi connectivity index (χ0n) is 16.0. The summed E-state index contributed by atoms with van der Waals surface area (Å²) in [7, 11) is -1.67. The molecule has 0 saturated carbocycles. The molecule has 0 heterocycles. The monoisotopic (exact) mass is 356 g/mol. The van der Waals surface area contributed by atoms with Crippen LogP contribution in [0.5, 0.6) is 11.5 Å². The van der Waals surface area contributed by atoms with Crippen LogP contribution in [-0.4, -0.2) is 8.32 Å². The summed E-state index contributed by atoms with van der Waals surface area (Å²) in [6, 6.07) is 22.2. The van der Waals surface area contributed by atoms with Crippen LogP contribution in [0.15, 0.2) is 54.6 Å². The van der Waals surface area contributed by atoms with Crippen molar-refractivity contribution in [2.75, 3.05) is 0 Å². The zero-order chi connectivity index (χ0) is 18.0. The van der Waals surface area contributed by atoms with E-state index in [1.165, 1.54) is 43.0 Å². The normalized spacial score (nSPS) is 11.3. The molecule has 0 aliphatic rings. The largest absolute Gasteiger partial charge is 0.543 e. The van der Waals surface area contributed by atoms with Gasteiger partial charge in [0.15, 0.2) is 0 Å². The Hall–Kier alpha value is -1.74. The van der Waals surface area contributed by atoms with Crippen LogP contribution in [0.1, 0.15) is 45.6 Å². The van der Waals surface area contributed by atoms with Gasteiger partial charge in [-0.1, -0.05) is 70.4 Å². The first-order chi connectivity index (χ1) is 12.2. The lowest BCUT2D eigenvalue weighted by atomic mass is 10.2. The maximum absolute atomic E-state index is 6.62. The van der Waals surface area contributed by atoms with Crippen LogP contribution in [0.4, 0.5) is 0 Å². The van der Waals surface area contributed by atoms with E-state index in [1.807, 2.05) is 30.3 Å².